The molecule has 1 aromatic rings. The summed E-state index contributed by atoms with van der Waals surface area (Å²) >= 11 is 5.55. The summed E-state index contributed by atoms with van der Waals surface area (Å²) in [6.07, 6.45) is -2.25. The van der Waals surface area contributed by atoms with E-state index in [-0.39, 0.29) is 16.3 Å². The topological polar surface area (TPSA) is 134 Å². The molecule has 2 atom stereocenters. The van der Waals surface area contributed by atoms with E-state index in [1.165, 1.54) is 0 Å². The normalized spacial score (nSPS) is 13.9. The molecule has 1 heterocycles. The molecule has 0 aromatic carbocycles. The standard InChI is InChI=1S/C10H11ClN2O5/c11-9-5(10(17)18)1-4(3-13-9)8(16)6(14)2-7(12)15/h1,3,6,8,14,16H,2H2,(H2,12,15)(H,17,18). The highest BCUT2D eigenvalue weighted by Gasteiger charge is 2.22. The number of carbonyl (C=O) groups excluding carboxylic acids is 1. The van der Waals surface area contributed by atoms with Crippen molar-refractivity contribution in [3.8, 4) is 0 Å². The van der Waals surface area contributed by atoms with Crippen molar-refractivity contribution in [1.29, 1.82) is 0 Å². The average molecular weight is 275 g/mol. The highest BCUT2D eigenvalue weighted by molar-refractivity contribution is 6.32. The van der Waals surface area contributed by atoms with E-state index < -0.39 is 30.5 Å². The largest absolute Gasteiger partial charge is 0.478 e. The quantitative estimate of drug-likeness (QED) is 0.545. The third-order valence-electron chi connectivity index (χ3n) is 2.21. The molecule has 0 spiro atoms. The van der Waals surface area contributed by atoms with Gasteiger partial charge in [0.15, 0.2) is 0 Å². The zero-order valence-electron chi connectivity index (χ0n) is 9.08. The predicted octanol–water partition coefficient (Wildman–Crippen LogP) is -0.297. The van der Waals surface area contributed by atoms with E-state index in [0.717, 1.165) is 12.3 Å². The van der Waals surface area contributed by atoms with Crippen molar-refractivity contribution < 1.29 is 24.9 Å². The van der Waals surface area contributed by atoms with Gasteiger partial charge in [0.05, 0.1) is 18.1 Å². The lowest BCUT2D eigenvalue weighted by molar-refractivity contribution is -0.121. The number of pyridine rings is 1. The highest BCUT2D eigenvalue weighted by atomic mass is 35.5. The van der Waals surface area contributed by atoms with Gasteiger partial charge in [-0.3, -0.25) is 4.79 Å². The SMILES string of the molecule is NC(=O)CC(O)C(O)c1cnc(Cl)c(C(=O)O)c1. The van der Waals surface area contributed by atoms with Crippen LogP contribution in [0.5, 0.6) is 0 Å². The van der Waals surface area contributed by atoms with E-state index in [1.807, 2.05) is 0 Å². The summed E-state index contributed by atoms with van der Waals surface area (Å²) in [6, 6.07) is 1.08. The summed E-state index contributed by atoms with van der Waals surface area (Å²) < 4.78 is 0. The number of aromatic nitrogens is 1. The minimum absolute atomic E-state index is 0.0329. The first-order valence-corrected chi connectivity index (χ1v) is 5.24. The number of carboxylic acid groups (broad SMARTS) is 1. The number of halogens is 1. The number of nitrogens with two attached hydrogens (primary N) is 1. The first kappa shape index (κ1) is 14.4. The minimum atomic E-state index is -1.47. The van der Waals surface area contributed by atoms with Crippen molar-refractivity contribution in [3.63, 3.8) is 0 Å². The second-order valence-electron chi connectivity index (χ2n) is 3.59. The van der Waals surface area contributed by atoms with Crippen LogP contribution in [0.2, 0.25) is 5.15 Å². The van der Waals surface area contributed by atoms with Crippen LogP contribution >= 0.6 is 11.6 Å². The molecule has 0 aliphatic carbocycles. The van der Waals surface area contributed by atoms with E-state index in [2.05, 4.69) is 4.98 Å². The van der Waals surface area contributed by atoms with Crippen molar-refractivity contribution in [2.75, 3.05) is 0 Å². The lowest BCUT2D eigenvalue weighted by atomic mass is 10.0. The lowest BCUT2D eigenvalue weighted by Gasteiger charge is -2.16. The molecular formula is C10H11ClN2O5. The molecule has 0 saturated carbocycles. The van der Waals surface area contributed by atoms with Crippen LogP contribution in [0.25, 0.3) is 0 Å². The maximum atomic E-state index is 10.8. The van der Waals surface area contributed by atoms with Gasteiger partial charge in [0, 0.05) is 11.8 Å². The van der Waals surface area contributed by atoms with Gasteiger partial charge in [-0.15, -0.1) is 0 Å². The summed E-state index contributed by atoms with van der Waals surface area (Å²) in [4.78, 5) is 25.0. The number of primary amides is 1. The van der Waals surface area contributed by atoms with Gasteiger partial charge in [0.1, 0.15) is 11.3 Å². The second-order valence-corrected chi connectivity index (χ2v) is 3.95. The zero-order valence-corrected chi connectivity index (χ0v) is 9.83. The average Bonchev–Trinajstić information content (AvgIpc) is 2.27. The first-order valence-electron chi connectivity index (χ1n) is 4.86. The van der Waals surface area contributed by atoms with Crippen LogP contribution in [-0.2, 0) is 4.79 Å². The van der Waals surface area contributed by atoms with Crippen LogP contribution in [0.1, 0.15) is 28.4 Å². The molecule has 1 aromatic heterocycles. The Labute approximate surface area is 107 Å². The van der Waals surface area contributed by atoms with Crippen LogP contribution in [0.3, 0.4) is 0 Å². The van der Waals surface area contributed by atoms with E-state index in [1.54, 1.807) is 0 Å². The van der Waals surface area contributed by atoms with Crippen molar-refractivity contribution in [2.24, 2.45) is 5.73 Å². The van der Waals surface area contributed by atoms with Crippen molar-refractivity contribution in [1.82, 2.24) is 4.98 Å². The summed E-state index contributed by atoms with van der Waals surface area (Å²) in [5.74, 6) is -2.10. The number of carboxylic acids is 1. The predicted molar refractivity (Wildman–Crippen MR) is 61.0 cm³/mol. The molecule has 1 rings (SSSR count). The smallest absolute Gasteiger partial charge is 0.338 e. The van der Waals surface area contributed by atoms with Gasteiger partial charge < -0.3 is 21.1 Å². The number of aliphatic hydroxyl groups is 2. The molecule has 1 amide bonds. The van der Waals surface area contributed by atoms with Crippen LogP contribution in [0.15, 0.2) is 12.3 Å². The monoisotopic (exact) mass is 274 g/mol. The molecule has 98 valence electrons. The maximum absolute atomic E-state index is 10.8. The van der Waals surface area contributed by atoms with Crippen LogP contribution in [0, 0.1) is 0 Å². The maximum Gasteiger partial charge on any atom is 0.338 e. The Morgan fingerprint density at radius 2 is 2.06 bits per heavy atom. The third kappa shape index (κ3) is 3.39. The number of hydrogen-bond donors (Lipinski definition) is 4. The van der Waals surface area contributed by atoms with Crippen molar-refractivity contribution >= 4 is 23.5 Å². The minimum Gasteiger partial charge on any atom is -0.478 e. The zero-order chi connectivity index (χ0) is 13.9. The van der Waals surface area contributed by atoms with Gasteiger partial charge in [0.2, 0.25) is 5.91 Å². The second kappa shape index (κ2) is 5.76. The number of aliphatic hydroxyl groups excluding tert-OH is 2. The fourth-order valence-corrected chi connectivity index (χ4v) is 1.50. The van der Waals surface area contributed by atoms with Gasteiger partial charge in [-0.2, -0.15) is 0 Å². The molecule has 0 fully saturated rings. The van der Waals surface area contributed by atoms with Gasteiger partial charge in [-0.1, -0.05) is 11.6 Å². The molecular weight excluding hydrogens is 264 g/mol. The summed E-state index contributed by atoms with van der Waals surface area (Å²) in [5, 5.41) is 27.8. The summed E-state index contributed by atoms with van der Waals surface area (Å²) in [6.45, 7) is 0. The van der Waals surface area contributed by atoms with Crippen molar-refractivity contribution in [2.45, 2.75) is 18.6 Å². The number of amides is 1. The van der Waals surface area contributed by atoms with E-state index >= 15 is 0 Å². The number of hydrogen-bond acceptors (Lipinski definition) is 5. The molecule has 0 radical (unpaired) electrons. The fraction of sp³-hybridized carbons (Fsp3) is 0.300. The summed E-state index contributed by atoms with van der Waals surface area (Å²) in [7, 11) is 0. The van der Waals surface area contributed by atoms with Crippen LogP contribution in [-0.4, -0.2) is 38.3 Å². The van der Waals surface area contributed by atoms with E-state index in [9.17, 15) is 19.8 Å². The summed E-state index contributed by atoms with van der Waals surface area (Å²) in [5.41, 5.74) is 4.60. The Hall–Kier alpha value is -1.70. The van der Waals surface area contributed by atoms with E-state index in [4.69, 9.17) is 22.4 Å². The van der Waals surface area contributed by atoms with Gasteiger partial charge in [-0.05, 0) is 6.07 Å². The molecule has 0 bridgehead atoms. The molecule has 0 aliphatic heterocycles. The van der Waals surface area contributed by atoms with Crippen molar-refractivity contribution in [3.05, 3.63) is 28.5 Å². The molecule has 0 saturated heterocycles. The van der Waals surface area contributed by atoms with Crippen LogP contribution in [0.4, 0.5) is 0 Å². The first-order chi connectivity index (χ1) is 8.32. The molecule has 0 aliphatic rings. The molecule has 18 heavy (non-hydrogen) atoms. The lowest BCUT2D eigenvalue weighted by Crippen LogP contribution is -2.26. The fourth-order valence-electron chi connectivity index (χ4n) is 1.32. The Kier molecular flexibility index (Phi) is 4.60. The Morgan fingerprint density at radius 3 is 2.56 bits per heavy atom. The Bertz CT molecular complexity index is 479. The third-order valence-corrected chi connectivity index (χ3v) is 2.51. The number of nitrogens with zero attached hydrogens (tertiary/aromatic N) is 1. The number of carbonyl (C=O) groups is 2. The molecule has 7 nitrogen and oxygen atoms in total. The number of rotatable bonds is 5. The van der Waals surface area contributed by atoms with Crippen LogP contribution < -0.4 is 5.73 Å². The highest BCUT2D eigenvalue weighted by Crippen LogP contribution is 2.22. The Morgan fingerprint density at radius 1 is 1.44 bits per heavy atom. The van der Waals surface area contributed by atoms with Gasteiger partial charge in [0.25, 0.3) is 0 Å². The number of aromatic carboxylic acids is 1. The van der Waals surface area contributed by atoms with E-state index in [0.29, 0.717) is 0 Å². The Balaban J connectivity index is 2.99. The van der Waals surface area contributed by atoms with Gasteiger partial charge in [-0.25, -0.2) is 9.78 Å². The molecule has 8 heteroatoms. The van der Waals surface area contributed by atoms with Gasteiger partial charge >= 0.3 is 5.97 Å². The molecule has 2 unspecified atom stereocenters. The molecule has 5 N–H and O–H groups in total.